The first-order valence-electron chi connectivity index (χ1n) is 6.30. The number of hydrogen-bond donors (Lipinski definition) is 1. The summed E-state index contributed by atoms with van der Waals surface area (Å²) in [5, 5.41) is 2.82. The number of nitrogens with one attached hydrogen (secondary N) is 1. The average molecular weight is 266 g/mol. The molecule has 5 nitrogen and oxygen atoms in total. The number of hydrogen-bond acceptors (Lipinski definition) is 4. The fourth-order valence-corrected chi connectivity index (χ4v) is 1.51. The van der Waals surface area contributed by atoms with Crippen molar-refractivity contribution in [3.63, 3.8) is 0 Å². The van der Waals surface area contributed by atoms with Crippen molar-refractivity contribution in [1.82, 2.24) is 10.2 Å². The molecule has 0 bridgehead atoms. The summed E-state index contributed by atoms with van der Waals surface area (Å²) < 4.78 is 10.5. The molecule has 0 heterocycles. The van der Waals surface area contributed by atoms with Gasteiger partial charge in [-0.2, -0.15) is 0 Å². The molecular weight excluding hydrogens is 244 g/mol. The number of methoxy groups -OCH3 is 1. The summed E-state index contributed by atoms with van der Waals surface area (Å²) in [5.41, 5.74) is 0. The summed E-state index contributed by atoms with van der Waals surface area (Å²) in [5.74, 6) is 1.23. The van der Waals surface area contributed by atoms with Gasteiger partial charge in [-0.1, -0.05) is 6.07 Å². The quantitative estimate of drug-likeness (QED) is 0.717. The molecule has 19 heavy (non-hydrogen) atoms. The van der Waals surface area contributed by atoms with Crippen LogP contribution in [0.1, 0.15) is 6.42 Å². The molecule has 0 aliphatic carbocycles. The second-order valence-corrected chi connectivity index (χ2v) is 4.47. The van der Waals surface area contributed by atoms with Gasteiger partial charge in [-0.05, 0) is 39.2 Å². The van der Waals surface area contributed by atoms with Gasteiger partial charge < -0.3 is 19.7 Å². The Balaban J connectivity index is 2.22. The third-order valence-electron chi connectivity index (χ3n) is 2.52. The van der Waals surface area contributed by atoms with Crippen LogP contribution in [0.5, 0.6) is 11.5 Å². The zero-order valence-corrected chi connectivity index (χ0v) is 11.8. The van der Waals surface area contributed by atoms with E-state index in [0.29, 0.717) is 18.0 Å². The maximum absolute atomic E-state index is 11.5. The van der Waals surface area contributed by atoms with Gasteiger partial charge in [-0.25, -0.2) is 0 Å². The van der Waals surface area contributed by atoms with Crippen LogP contribution in [0.15, 0.2) is 24.3 Å². The van der Waals surface area contributed by atoms with E-state index in [-0.39, 0.29) is 12.5 Å². The lowest BCUT2D eigenvalue weighted by Gasteiger charge is -2.10. The van der Waals surface area contributed by atoms with Crippen molar-refractivity contribution in [3.05, 3.63) is 24.3 Å². The Bertz CT molecular complexity index is 394. The maximum atomic E-state index is 11.5. The van der Waals surface area contributed by atoms with Crippen molar-refractivity contribution in [2.75, 3.05) is 40.9 Å². The summed E-state index contributed by atoms with van der Waals surface area (Å²) in [6, 6.07) is 7.19. The predicted molar refractivity (Wildman–Crippen MR) is 74.7 cm³/mol. The lowest BCUT2D eigenvalue weighted by atomic mass is 10.3. The normalized spacial score (nSPS) is 10.3. The molecule has 106 valence electrons. The Kier molecular flexibility index (Phi) is 6.74. The molecule has 1 amide bonds. The number of benzene rings is 1. The summed E-state index contributed by atoms with van der Waals surface area (Å²) in [6.07, 6.45) is 0.928. The molecule has 0 aliphatic heterocycles. The molecule has 1 rings (SSSR count). The van der Waals surface area contributed by atoms with E-state index in [1.165, 1.54) is 0 Å². The van der Waals surface area contributed by atoms with Gasteiger partial charge in [0.2, 0.25) is 0 Å². The minimum atomic E-state index is -0.110. The monoisotopic (exact) mass is 266 g/mol. The van der Waals surface area contributed by atoms with Crippen molar-refractivity contribution < 1.29 is 14.3 Å². The van der Waals surface area contributed by atoms with E-state index in [0.717, 1.165) is 13.0 Å². The van der Waals surface area contributed by atoms with E-state index in [1.807, 2.05) is 26.2 Å². The van der Waals surface area contributed by atoms with Crippen LogP contribution in [-0.2, 0) is 4.79 Å². The largest absolute Gasteiger partial charge is 0.497 e. The van der Waals surface area contributed by atoms with Gasteiger partial charge >= 0.3 is 0 Å². The van der Waals surface area contributed by atoms with Gasteiger partial charge in [0, 0.05) is 12.6 Å². The van der Waals surface area contributed by atoms with Gasteiger partial charge in [0.05, 0.1) is 7.11 Å². The Hall–Kier alpha value is -1.75. The van der Waals surface area contributed by atoms with Crippen molar-refractivity contribution in [2.45, 2.75) is 6.42 Å². The smallest absolute Gasteiger partial charge is 0.257 e. The van der Waals surface area contributed by atoms with Crippen LogP contribution >= 0.6 is 0 Å². The minimum absolute atomic E-state index is 0.0229. The molecular formula is C14H22N2O3. The lowest BCUT2D eigenvalue weighted by molar-refractivity contribution is -0.123. The van der Waals surface area contributed by atoms with Gasteiger partial charge in [-0.15, -0.1) is 0 Å². The topological polar surface area (TPSA) is 50.8 Å². The van der Waals surface area contributed by atoms with E-state index in [2.05, 4.69) is 10.2 Å². The Labute approximate surface area is 114 Å². The Morgan fingerprint density at radius 2 is 2.05 bits per heavy atom. The first kappa shape index (κ1) is 15.3. The minimum Gasteiger partial charge on any atom is -0.497 e. The molecule has 5 heteroatoms. The van der Waals surface area contributed by atoms with Crippen LogP contribution in [-0.4, -0.2) is 51.7 Å². The highest BCUT2D eigenvalue weighted by atomic mass is 16.5. The second kappa shape index (κ2) is 8.37. The van der Waals surface area contributed by atoms with Crippen LogP contribution in [0.2, 0.25) is 0 Å². The molecule has 0 fully saturated rings. The average Bonchev–Trinajstić information content (AvgIpc) is 2.41. The Morgan fingerprint density at radius 1 is 1.32 bits per heavy atom. The number of rotatable bonds is 8. The number of ether oxygens (including phenoxy) is 2. The number of carbonyl (C=O) groups is 1. The lowest BCUT2D eigenvalue weighted by Crippen LogP contribution is -2.31. The van der Waals surface area contributed by atoms with Crippen LogP contribution < -0.4 is 14.8 Å². The molecule has 0 atom stereocenters. The number of nitrogens with zero attached hydrogens (tertiary/aromatic N) is 1. The fraction of sp³-hybridized carbons (Fsp3) is 0.500. The molecule has 0 unspecified atom stereocenters. The van der Waals surface area contributed by atoms with Crippen LogP contribution in [0, 0.1) is 0 Å². The number of carbonyl (C=O) groups excluding carboxylic acids is 1. The van der Waals surface area contributed by atoms with Crippen molar-refractivity contribution >= 4 is 5.91 Å². The second-order valence-electron chi connectivity index (χ2n) is 4.47. The summed E-state index contributed by atoms with van der Waals surface area (Å²) in [4.78, 5) is 13.6. The highest BCUT2D eigenvalue weighted by Gasteiger charge is 2.03. The maximum Gasteiger partial charge on any atom is 0.257 e. The van der Waals surface area contributed by atoms with Gasteiger partial charge in [0.25, 0.3) is 5.91 Å². The number of amides is 1. The fourth-order valence-electron chi connectivity index (χ4n) is 1.51. The molecule has 0 saturated heterocycles. The van der Waals surface area contributed by atoms with E-state index in [4.69, 9.17) is 9.47 Å². The molecule has 1 N–H and O–H groups in total. The van der Waals surface area contributed by atoms with E-state index in [1.54, 1.807) is 19.2 Å². The molecule has 0 radical (unpaired) electrons. The molecule has 0 aliphatic rings. The molecule has 1 aromatic rings. The molecule has 0 saturated carbocycles. The van der Waals surface area contributed by atoms with Gasteiger partial charge in [0.15, 0.2) is 6.61 Å². The first-order chi connectivity index (χ1) is 9.11. The molecule has 0 aromatic heterocycles. The zero-order chi connectivity index (χ0) is 14.1. The zero-order valence-electron chi connectivity index (χ0n) is 11.8. The predicted octanol–water partition coefficient (Wildman–Crippen LogP) is 1.14. The molecule has 0 spiro atoms. The summed E-state index contributed by atoms with van der Waals surface area (Å²) >= 11 is 0. The van der Waals surface area contributed by atoms with E-state index in [9.17, 15) is 4.79 Å². The van der Waals surface area contributed by atoms with Crippen LogP contribution in [0.3, 0.4) is 0 Å². The highest BCUT2D eigenvalue weighted by molar-refractivity contribution is 5.77. The first-order valence-corrected chi connectivity index (χ1v) is 6.30. The highest BCUT2D eigenvalue weighted by Crippen LogP contribution is 2.18. The van der Waals surface area contributed by atoms with E-state index >= 15 is 0 Å². The summed E-state index contributed by atoms with van der Waals surface area (Å²) in [7, 11) is 5.61. The van der Waals surface area contributed by atoms with Crippen LogP contribution in [0.4, 0.5) is 0 Å². The van der Waals surface area contributed by atoms with Crippen molar-refractivity contribution in [1.29, 1.82) is 0 Å². The molecule has 1 aromatic carbocycles. The van der Waals surface area contributed by atoms with E-state index < -0.39 is 0 Å². The van der Waals surface area contributed by atoms with Crippen molar-refractivity contribution in [2.24, 2.45) is 0 Å². The standard InChI is InChI=1S/C14H22N2O3/c1-16(2)9-5-8-15-14(17)11-19-13-7-4-6-12(10-13)18-3/h4,6-7,10H,5,8-9,11H2,1-3H3,(H,15,17). The van der Waals surface area contributed by atoms with Gasteiger partial charge in [-0.3, -0.25) is 4.79 Å². The third kappa shape index (κ3) is 6.67. The summed E-state index contributed by atoms with van der Waals surface area (Å²) in [6.45, 7) is 1.64. The van der Waals surface area contributed by atoms with Crippen molar-refractivity contribution in [3.8, 4) is 11.5 Å². The Morgan fingerprint density at radius 3 is 2.74 bits per heavy atom. The SMILES string of the molecule is COc1cccc(OCC(=O)NCCCN(C)C)c1. The van der Waals surface area contributed by atoms with Gasteiger partial charge in [0.1, 0.15) is 11.5 Å². The van der Waals surface area contributed by atoms with Crippen LogP contribution in [0.25, 0.3) is 0 Å². The third-order valence-corrected chi connectivity index (χ3v) is 2.52.